The second-order valence-electron chi connectivity index (χ2n) is 5.28. The van der Waals surface area contributed by atoms with E-state index in [1.807, 2.05) is 36.4 Å². The third kappa shape index (κ3) is 2.94. The number of likely N-dealkylation sites (tertiary alicyclic amines) is 1. The molecule has 3 rings (SSSR count). The lowest BCUT2D eigenvalue weighted by Crippen LogP contribution is -2.29. The molecule has 114 valence electrons. The van der Waals surface area contributed by atoms with Gasteiger partial charge in [-0.2, -0.15) is 0 Å². The minimum atomic E-state index is -0.850. The quantitative estimate of drug-likeness (QED) is 0.888. The predicted molar refractivity (Wildman–Crippen MR) is 88.2 cm³/mol. The molecular weight excluding hydrogens is 366 g/mol. The Morgan fingerprint density at radius 3 is 2.45 bits per heavy atom. The number of carboxylic acid groups (broad SMARTS) is 1. The standard InChI is InChI=1S/C16H14BrNO3S/c17-14-7-6-13(22-14)15(19)18-8-11(12(9-18)16(20)21)10-4-2-1-3-5-10/h1-7,11-12H,8-9H2,(H,20,21)/t11-,12-/m1/s1. The van der Waals surface area contributed by atoms with E-state index in [1.54, 1.807) is 11.0 Å². The number of halogens is 1. The molecule has 1 aliphatic rings. The van der Waals surface area contributed by atoms with Crippen molar-refractivity contribution in [3.8, 4) is 0 Å². The highest BCUT2D eigenvalue weighted by molar-refractivity contribution is 9.11. The van der Waals surface area contributed by atoms with E-state index >= 15 is 0 Å². The number of benzene rings is 1. The first-order valence-electron chi connectivity index (χ1n) is 6.88. The molecule has 1 saturated heterocycles. The van der Waals surface area contributed by atoms with E-state index in [4.69, 9.17) is 0 Å². The van der Waals surface area contributed by atoms with Crippen LogP contribution in [0.2, 0.25) is 0 Å². The van der Waals surface area contributed by atoms with Crippen molar-refractivity contribution in [2.75, 3.05) is 13.1 Å². The molecule has 0 spiro atoms. The maximum Gasteiger partial charge on any atom is 0.308 e. The van der Waals surface area contributed by atoms with Crippen molar-refractivity contribution in [2.45, 2.75) is 5.92 Å². The molecule has 0 saturated carbocycles. The van der Waals surface area contributed by atoms with Gasteiger partial charge in [-0.3, -0.25) is 9.59 Å². The molecule has 2 heterocycles. The lowest BCUT2D eigenvalue weighted by Gasteiger charge is -2.15. The van der Waals surface area contributed by atoms with Crippen molar-refractivity contribution < 1.29 is 14.7 Å². The average Bonchev–Trinajstić information content (AvgIpc) is 3.14. The molecule has 0 unspecified atom stereocenters. The predicted octanol–water partition coefficient (Wildman–Crippen LogP) is 3.45. The minimum absolute atomic E-state index is 0.0969. The van der Waals surface area contributed by atoms with E-state index in [9.17, 15) is 14.7 Å². The van der Waals surface area contributed by atoms with Gasteiger partial charge in [0.25, 0.3) is 5.91 Å². The van der Waals surface area contributed by atoms with Crippen molar-refractivity contribution >= 4 is 39.1 Å². The number of rotatable bonds is 3. The van der Waals surface area contributed by atoms with E-state index in [1.165, 1.54) is 11.3 Å². The first kappa shape index (κ1) is 15.2. The number of carbonyl (C=O) groups excluding carboxylic acids is 1. The third-order valence-electron chi connectivity index (χ3n) is 3.94. The number of carbonyl (C=O) groups is 2. The molecule has 4 nitrogen and oxygen atoms in total. The zero-order valence-electron chi connectivity index (χ0n) is 11.6. The summed E-state index contributed by atoms with van der Waals surface area (Å²) in [7, 11) is 0. The Bertz CT molecular complexity index is 700. The van der Waals surface area contributed by atoms with Crippen molar-refractivity contribution in [3.05, 3.63) is 56.7 Å². The van der Waals surface area contributed by atoms with Gasteiger partial charge >= 0.3 is 5.97 Å². The maximum atomic E-state index is 12.5. The summed E-state index contributed by atoms with van der Waals surface area (Å²) in [6, 6.07) is 13.1. The van der Waals surface area contributed by atoms with Gasteiger partial charge in [-0.15, -0.1) is 11.3 Å². The molecular formula is C16H14BrNO3S. The van der Waals surface area contributed by atoms with Crippen LogP contribution in [0.15, 0.2) is 46.3 Å². The average molecular weight is 380 g/mol. The van der Waals surface area contributed by atoms with E-state index < -0.39 is 11.9 Å². The number of aliphatic carboxylic acids is 1. The highest BCUT2D eigenvalue weighted by Gasteiger charge is 2.40. The van der Waals surface area contributed by atoms with Crippen LogP contribution in [0, 0.1) is 5.92 Å². The molecule has 6 heteroatoms. The van der Waals surface area contributed by atoms with Crippen LogP contribution in [0.4, 0.5) is 0 Å². The second kappa shape index (κ2) is 6.22. The zero-order valence-corrected chi connectivity index (χ0v) is 14.0. The van der Waals surface area contributed by atoms with Crippen molar-refractivity contribution in [1.29, 1.82) is 0 Å². The summed E-state index contributed by atoms with van der Waals surface area (Å²) >= 11 is 4.71. The Hall–Kier alpha value is -1.66. The van der Waals surface area contributed by atoms with Gasteiger partial charge in [0.1, 0.15) is 0 Å². The van der Waals surface area contributed by atoms with Gasteiger partial charge in [-0.1, -0.05) is 30.3 Å². The topological polar surface area (TPSA) is 57.6 Å². The normalized spacial score (nSPS) is 21.0. The summed E-state index contributed by atoms with van der Waals surface area (Å²) < 4.78 is 0.893. The summed E-state index contributed by atoms with van der Waals surface area (Å²) in [6.45, 7) is 0.693. The van der Waals surface area contributed by atoms with Gasteiger partial charge in [0.2, 0.25) is 0 Å². The van der Waals surface area contributed by atoms with Crippen LogP contribution in [0.1, 0.15) is 21.2 Å². The molecule has 1 aromatic heterocycles. The fraction of sp³-hybridized carbons (Fsp3) is 0.250. The number of hydrogen-bond acceptors (Lipinski definition) is 3. The highest BCUT2D eigenvalue weighted by atomic mass is 79.9. The van der Waals surface area contributed by atoms with E-state index in [0.717, 1.165) is 9.35 Å². The van der Waals surface area contributed by atoms with E-state index in [-0.39, 0.29) is 18.4 Å². The SMILES string of the molecule is O=C(O)[C@@H]1CN(C(=O)c2ccc(Br)s2)C[C@@H]1c1ccccc1. The van der Waals surface area contributed by atoms with Crippen molar-refractivity contribution in [3.63, 3.8) is 0 Å². The molecule has 0 aliphatic carbocycles. The number of amides is 1. The Labute approximate surface area is 140 Å². The third-order valence-corrected chi connectivity index (χ3v) is 5.55. The molecule has 0 radical (unpaired) electrons. The molecule has 1 amide bonds. The largest absolute Gasteiger partial charge is 0.481 e. The van der Waals surface area contributed by atoms with Crippen LogP contribution >= 0.6 is 27.3 Å². The van der Waals surface area contributed by atoms with Gasteiger partial charge in [-0.05, 0) is 33.6 Å². The molecule has 1 fully saturated rings. The van der Waals surface area contributed by atoms with E-state index in [2.05, 4.69) is 15.9 Å². The highest BCUT2D eigenvalue weighted by Crippen LogP contribution is 2.34. The molecule has 1 N–H and O–H groups in total. The van der Waals surface area contributed by atoms with Crippen molar-refractivity contribution in [2.24, 2.45) is 5.92 Å². The first-order chi connectivity index (χ1) is 10.6. The van der Waals surface area contributed by atoms with Gasteiger partial charge in [0.05, 0.1) is 14.6 Å². The Balaban J connectivity index is 1.84. The summed E-state index contributed by atoms with van der Waals surface area (Å²) in [5.41, 5.74) is 0.970. The van der Waals surface area contributed by atoms with Crippen molar-refractivity contribution in [1.82, 2.24) is 4.90 Å². The molecule has 22 heavy (non-hydrogen) atoms. The molecule has 1 aliphatic heterocycles. The first-order valence-corrected chi connectivity index (χ1v) is 8.49. The van der Waals surface area contributed by atoms with E-state index in [0.29, 0.717) is 11.4 Å². The fourth-order valence-corrected chi connectivity index (χ4v) is 4.20. The molecule has 2 atom stereocenters. The summed E-state index contributed by atoms with van der Waals surface area (Å²) in [4.78, 5) is 26.4. The van der Waals surface area contributed by atoms with Crippen LogP contribution in [0.3, 0.4) is 0 Å². The Kier molecular flexibility index (Phi) is 4.31. The van der Waals surface area contributed by atoms with Crippen LogP contribution in [-0.2, 0) is 4.79 Å². The number of hydrogen-bond donors (Lipinski definition) is 1. The number of nitrogens with zero attached hydrogens (tertiary/aromatic N) is 1. The minimum Gasteiger partial charge on any atom is -0.481 e. The smallest absolute Gasteiger partial charge is 0.308 e. The van der Waals surface area contributed by atoms with Gasteiger partial charge < -0.3 is 10.0 Å². The molecule has 2 aromatic rings. The monoisotopic (exact) mass is 379 g/mol. The Morgan fingerprint density at radius 2 is 1.86 bits per heavy atom. The summed E-state index contributed by atoms with van der Waals surface area (Å²) in [5, 5.41) is 9.48. The van der Waals surface area contributed by atoms with Gasteiger partial charge in [0.15, 0.2) is 0 Å². The number of carboxylic acids is 1. The summed E-state index contributed by atoms with van der Waals surface area (Å²) in [6.07, 6.45) is 0. The number of thiophene rings is 1. The fourth-order valence-electron chi connectivity index (χ4n) is 2.84. The molecule has 1 aromatic carbocycles. The maximum absolute atomic E-state index is 12.5. The lowest BCUT2D eigenvalue weighted by molar-refractivity contribution is -0.141. The van der Waals surface area contributed by atoms with Gasteiger partial charge in [-0.25, -0.2) is 0 Å². The molecule has 0 bridgehead atoms. The van der Waals surface area contributed by atoms with Gasteiger partial charge in [0, 0.05) is 19.0 Å². The summed E-state index contributed by atoms with van der Waals surface area (Å²) in [5.74, 6) is -1.67. The van der Waals surface area contributed by atoms with Crippen LogP contribution in [0.25, 0.3) is 0 Å². The van der Waals surface area contributed by atoms with Crippen LogP contribution in [-0.4, -0.2) is 35.0 Å². The van der Waals surface area contributed by atoms with Crippen LogP contribution in [0.5, 0.6) is 0 Å². The Morgan fingerprint density at radius 1 is 1.14 bits per heavy atom. The zero-order chi connectivity index (χ0) is 15.7. The second-order valence-corrected chi connectivity index (χ2v) is 7.74. The van der Waals surface area contributed by atoms with Crippen LogP contribution < -0.4 is 0 Å². The lowest BCUT2D eigenvalue weighted by atomic mass is 9.89.